The molecule has 0 fully saturated rings. The summed E-state index contributed by atoms with van der Waals surface area (Å²) in [7, 11) is 0. The van der Waals surface area contributed by atoms with Crippen LogP contribution in [-0.4, -0.2) is 4.92 Å². The smallest absolute Gasteiger partial charge is 0.273 e. The molecule has 0 aliphatic rings. The van der Waals surface area contributed by atoms with Crippen molar-refractivity contribution >= 4 is 33.2 Å². The lowest BCUT2D eigenvalue weighted by molar-refractivity contribution is -0.384. The van der Waals surface area contributed by atoms with E-state index in [9.17, 15) is 10.1 Å². The third-order valence-electron chi connectivity index (χ3n) is 2.83. The molecule has 0 radical (unpaired) electrons. The minimum absolute atomic E-state index is 0.0588. The zero-order valence-electron chi connectivity index (χ0n) is 11.0. The molecule has 0 heterocycles. The number of nitro groups is 1. The number of non-ortho nitro benzene ring substituents is 1. The van der Waals surface area contributed by atoms with Crippen molar-refractivity contribution in [2.45, 2.75) is 13.0 Å². The lowest BCUT2D eigenvalue weighted by Crippen LogP contribution is -2.04. The lowest BCUT2D eigenvalue weighted by atomic mass is 10.1. The molecule has 0 spiro atoms. The van der Waals surface area contributed by atoms with Crippen LogP contribution in [0.3, 0.4) is 0 Å². The van der Waals surface area contributed by atoms with Gasteiger partial charge < -0.3 is 10.5 Å². The van der Waals surface area contributed by atoms with Gasteiger partial charge in [0.05, 0.1) is 20.5 Å². The van der Waals surface area contributed by atoms with E-state index in [1.54, 1.807) is 24.3 Å². The zero-order chi connectivity index (χ0) is 15.6. The number of rotatable bonds is 4. The van der Waals surface area contributed by atoms with Crippen molar-refractivity contribution in [3.63, 3.8) is 0 Å². The van der Waals surface area contributed by atoms with Crippen molar-refractivity contribution in [3.05, 3.63) is 61.6 Å². The monoisotopic (exact) mass is 370 g/mol. The Hall–Kier alpha value is -1.63. The van der Waals surface area contributed by atoms with Crippen LogP contribution in [0, 0.1) is 10.1 Å². The van der Waals surface area contributed by atoms with Crippen molar-refractivity contribution in [2.75, 3.05) is 0 Å². The topological polar surface area (TPSA) is 78.4 Å². The summed E-state index contributed by atoms with van der Waals surface area (Å²) < 4.78 is 6.24. The van der Waals surface area contributed by atoms with Crippen molar-refractivity contribution < 1.29 is 9.66 Å². The number of nitro benzene ring substituents is 1. The molecule has 0 amide bonds. The van der Waals surface area contributed by atoms with Gasteiger partial charge in [-0.3, -0.25) is 10.1 Å². The second-order valence-corrected chi connectivity index (χ2v) is 5.71. The molecule has 21 heavy (non-hydrogen) atoms. The second kappa shape index (κ2) is 6.43. The lowest BCUT2D eigenvalue weighted by Gasteiger charge is -2.12. The molecule has 0 unspecified atom stereocenters. The highest BCUT2D eigenvalue weighted by Gasteiger charge is 2.13. The Morgan fingerprint density at radius 2 is 2.00 bits per heavy atom. The van der Waals surface area contributed by atoms with Gasteiger partial charge in [0.1, 0.15) is 11.5 Å². The van der Waals surface area contributed by atoms with Crippen LogP contribution in [0.4, 0.5) is 5.69 Å². The number of hydrogen-bond donors (Lipinski definition) is 1. The molecule has 0 saturated heterocycles. The second-order valence-electron chi connectivity index (χ2n) is 4.45. The van der Waals surface area contributed by atoms with Gasteiger partial charge in [0.25, 0.3) is 5.69 Å². The standard InChI is InChI=1S/C14H12BrClN2O3/c1-8(17)9-2-5-13(12(16)6-9)21-14-7-10(18(19)20)3-4-11(14)15/h2-8H,17H2,1H3/t8-/m1/s1. The Labute approximate surface area is 134 Å². The number of nitrogens with zero attached hydrogens (tertiary/aromatic N) is 1. The largest absolute Gasteiger partial charge is 0.454 e. The first kappa shape index (κ1) is 15.8. The summed E-state index contributed by atoms with van der Waals surface area (Å²) in [4.78, 5) is 10.3. The summed E-state index contributed by atoms with van der Waals surface area (Å²) in [5.74, 6) is 0.724. The maximum Gasteiger partial charge on any atom is 0.273 e. The van der Waals surface area contributed by atoms with Gasteiger partial charge in [-0.1, -0.05) is 17.7 Å². The Balaban J connectivity index is 2.34. The first-order chi connectivity index (χ1) is 9.88. The van der Waals surface area contributed by atoms with E-state index < -0.39 is 4.92 Å². The third-order valence-corrected chi connectivity index (χ3v) is 3.78. The van der Waals surface area contributed by atoms with Crippen LogP contribution < -0.4 is 10.5 Å². The van der Waals surface area contributed by atoms with E-state index >= 15 is 0 Å². The van der Waals surface area contributed by atoms with E-state index in [2.05, 4.69) is 15.9 Å². The molecule has 2 rings (SSSR count). The molecule has 0 aromatic heterocycles. The molecule has 7 heteroatoms. The third kappa shape index (κ3) is 3.72. The number of hydrogen-bond acceptors (Lipinski definition) is 4. The summed E-state index contributed by atoms with van der Waals surface area (Å²) in [6.07, 6.45) is 0. The molecular formula is C14H12BrClN2O3. The van der Waals surface area contributed by atoms with E-state index in [4.69, 9.17) is 22.1 Å². The van der Waals surface area contributed by atoms with E-state index in [1.165, 1.54) is 12.1 Å². The van der Waals surface area contributed by atoms with E-state index in [1.807, 2.05) is 6.92 Å². The number of benzene rings is 2. The summed E-state index contributed by atoms with van der Waals surface area (Å²) in [6, 6.07) is 9.34. The van der Waals surface area contributed by atoms with E-state index in [-0.39, 0.29) is 11.7 Å². The fourth-order valence-corrected chi connectivity index (χ4v) is 2.24. The Morgan fingerprint density at radius 3 is 2.57 bits per heavy atom. The first-order valence-corrected chi connectivity index (χ1v) is 7.22. The quantitative estimate of drug-likeness (QED) is 0.617. The molecule has 0 bridgehead atoms. The Bertz CT molecular complexity index is 692. The van der Waals surface area contributed by atoms with Crippen LogP contribution in [0.1, 0.15) is 18.5 Å². The minimum Gasteiger partial charge on any atom is -0.454 e. The first-order valence-electron chi connectivity index (χ1n) is 6.05. The predicted octanol–water partition coefficient (Wildman–Crippen LogP) is 4.82. The van der Waals surface area contributed by atoms with Crippen LogP contribution in [-0.2, 0) is 0 Å². The summed E-state index contributed by atoms with van der Waals surface area (Å²) >= 11 is 9.44. The Kier molecular flexibility index (Phi) is 4.82. The summed E-state index contributed by atoms with van der Waals surface area (Å²) in [5, 5.41) is 11.2. The molecule has 2 aromatic rings. The number of halogens is 2. The van der Waals surface area contributed by atoms with Crippen molar-refractivity contribution in [2.24, 2.45) is 5.73 Å². The summed E-state index contributed by atoms with van der Waals surface area (Å²) in [6.45, 7) is 1.85. The highest BCUT2D eigenvalue weighted by molar-refractivity contribution is 9.10. The maximum absolute atomic E-state index is 10.8. The van der Waals surface area contributed by atoms with Crippen LogP contribution in [0.25, 0.3) is 0 Å². The highest BCUT2D eigenvalue weighted by Crippen LogP contribution is 2.36. The van der Waals surface area contributed by atoms with Crippen LogP contribution >= 0.6 is 27.5 Å². The van der Waals surface area contributed by atoms with Crippen molar-refractivity contribution in [1.82, 2.24) is 0 Å². The number of ether oxygens (including phenoxy) is 1. The van der Waals surface area contributed by atoms with E-state index in [0.717, 1.165) is 5.56 Å². The van der Waals surface area contributed by atoms with Crippen molar-refractivity contribution in [3.8, 4) is 11.5 Å². The Morgan fingerprint density at radius 1 is 1.29 bits per heavy atom. The average Bonchev–Trinajstić information content (AvgIpc) is 2.42. The van der Waals surface area contributed by atoms with Crippen LogP contribution in [0.2, 0.25) is 5.02 Å². The molecule has 2 aromatic carbocycles. The van der Waals surface area contributed by atoms with Gasteiger partial charge in [0, 0.05) is 12.1 Å². The minimum atomic E-state index is -0.486. The molecule has 0 aliphatic carbocycles. The van der Waals surface area contributed by atoms with Gasteiger partial charge in [-0.15, -0.1) is 0 Å². The van der Waals surface area contributed by atoms with Gasteiger partial charge in [-0.05, 0) is 46.6 Å². The highest BCUT2D eigenvalue weighted by atomic mass is 79.9. The summed E-state index contributed by atoms with van der Waals surface area (Å²) in [5.41, 5.74) is 6.60. The van der Waals surface area contributed by atoms with E-state index in [0.29, 0.717) is 21.0 Å². The van der Waals surface area contributed by atoms with Gasteiger partial charge in [0.15, 0.2) is 0 Å². The van der Waals surface area contributed by atoms with Gasteiger partial charge >= 0.3 is 0 Å². The zero-order valence-corrected chi connectivity index (χ0v) is 13.4. The molecule has 0 aliphatic heterocycles. The molecule has 2 N–H and O–H groups in total. The molecule has 5 nitrogen and oxygen atoms in total. The fraction of sp³-hybridized carbons (Fsp3) is 0.143. The van der Waals surface area contributed by atoms with Gasteiger partial charge in [0.2, 0.25) is 0 Å². The number of nitrogens with two attached hydrogens (primary N) is 1. The van der Waals surface area contributed by atoms with Crippen molar-refractivity contribution in [1.29, 1.82) is 0 Å². The molecule has 0 saturated carbocycles. The normalized spacial score (nSPS) is 12.0. The van der Waals surface area contributed by atoms with Crippen LogP contribution in [0.5, 0.6) is 11.5 Å². The average molecular weight is 372 g/mol. The molecule has 110 valence electrons. The molecule has 1 atom stereocenters. The predicted molar refractivity (Wildman–Crippen MR) is 84.9 cm³/mol. The van der Waals surface area contributed by atoms with Gasteiger partial charge in [-0.25, -0.2) is 0 Å². The SMILES string of the molecule is C[C@@H](N)c1ccc(Oc2cc([N+](=O)[O-])ccc2Br)c(Cl)c1. The fourth-order valence-electron chi connectivity index (χ4n) is 1.69. The maximum atomic E-state index is 10.8. The molecular weight excluding hydrogens is 360 g/mol. The van der Waals surface area contributed by atoms with Gasteiger partial charge in [-0.2, -0.15) is 0 Å². The van der Waals surface area contributed by atoms with Crippen LogP contribution in [0.15, 0.2) is 40.9 Å².